The van der Waals surface area contributed by atoms with Gasteiger partial charge in [-0.15, -0.1) is 5.54 Å². The Balaban J connectivity index is 1.08. The lowest BCUT2D eigenvalue weighted by atomic mass is 9.82. The minimum atomic E-state index is -2.34. The van der Waals surface area contributed by atoms with Crippen molar-refractivity contribution in [3.8, 4) is 34.5 Å². The van der Waals surface area contributed by atoms with Gasteiger partial charge in [0.2, 0.25) is 0 Å². The fourth-order valence-corrected chi connectivity index (χ4v) is 19.0. The maximum absolute atomic E-state index is 18.1. The molecule has 14 nitrogen and oxygen atoms in total. The lowest BCUT2D eigenvalue weighted by Crippen LogP contribution is -2.57. The molecular weight excluding hydrogens is 1040 g/mol. The van der Waals surface area contributed by atoms with E-state index in [4.69, 9.17) is 38.6 Å². The number of piperazine rings is 1. The number of carbonyl (C=O) groups is 2. The molecular formula is C61H89F2N7O7Si2. The van der Waals surface area contributed by atoms with Gasteiger partial charge >= 0.3 is 18.2 Å². The number of rotatable bonds is 17. The Morgan fingerprint density at radius 2 is 1.46 bits per heavy atom. The smallest absolute Gasteiger partial charge is 0.410 e. The second kappa shape index (κ2) is 25.0. The Kier molecular flexibility index (Phi) is 19.0. The van der Waals surface area contributed by atoms with Gasteiger partial charge in [-0.2, -0.15) is 9.97 Å². The summed E-state index contributed by atoms with van der Waals surface area (Å²) in [7, 11) is -2.08. The normalized spacial score (nSPS) is 19.4. The van der Waals surface area contributed by atoms with E-state index < -0.39 is 33.4 Å². The third kappa shape index (κ3) is 13.8. The molecule has 2 amide bonds. The van der Waals surface area contributed by atoms with Gasteiger partial charge in [0.15, 0.2) is 12.6 Å². The van der Waals surface area contributed by atoms with Crippen LogP contribution in [0, 0.1) is 34.9 Å². The molecule has 0 saturated carbocycles. The minimum absolute atomic E-state index is 0.0106. The second-order valence-corrected chi connectivity index (χ2v) is 37.3. The summed E-state index contributed by atoms with van der Waals surface area (Å²) >= 11 is 0. The summed E-state index contributed by atoms with van der Waals surface area (Å²) in [6.45, 7) is 32.9. The van der Waals surface area contributed by atoms with Gasteiger partial charge in [-0.1, -0.05) is 73.2 Å². The lowest BCUT2D eigenvalue weighted by molar-refractivity contribution is 0.0122. The van der Waals surface area contributed by atoms with Gasteiger partial charge in [-0.3, -0.25) is 14.8 Å². The molecule has 4 aromatic rings. The zero-order valence-electron chi connectivity index (χ0n) is 49.8. The van der Waals surface area contributed by atoms with E-state index in [0.29, 0.717) is 81.4 Å². The number of amides is 2. The summed E-state index contributed by atoms with van der Waals surface area (Å²) in [5.41, 5.74) is 4.42. The molecule has 2 unspecified atom stereocenters. The standard InChI is InChI=1S/C61H89F2N7O7Si2/c1-39(2)79(40(3)4,41(5)6)29-23-49-52(62)18-15-45-32-48(76-38-73-11)33-50(53(45)49)55-54(63)56-51(34-64-55)57(69-35-46-16-17-47(36-69)70(46)60(72)77-61(8,9)10)66-58(65-56)75-37-42(7)67-24-19-43(20-25-67)31-44-21-26-68(27-22-44)59(71)74-28-30-78(12,13)14/h15,18,32-34,39-44,46-47H,16-17,19-22,24-28,30-31,35-38H2,1-14H3/t42-,46?,47?/m0/s1. The van der Waals surface area contributed by atoms with E-state index in [9.17, 15) is 9.59 Å². The lowest BCUT2D eigenvalue weighted by Gasteiger charge is -2.42. The quantitative estimate of drug-likeness (QED) is 0.0566. The molecule has 2 bridgehead atoms. The second-order valence-electron chi connectivity index (χ2n) is 26.1. The molecule has 3 atom stereocenters. The van der Waals surface area contributed by atoms with E-state index in [1.165, 1.54) is 19.6 Å². The largest absolute Gasteiger partial charge is 0.468 e. The maximum atomic E-state index is 18.1. The number of hydrogen-bond donors (Lipinski definition) is 0. The monoisotopic (exact) mass is 1130 g/mol. The Labute approximate surface area is 471 Å². The minimum Gasteiger partial charge on any atom is -0.468 e. The van der Waals surface area contributed by atoms with Crippen molar-refractivity contribution in [2.24, 2.45) is 11.8 Å². The summed E-state index contributed by atoms with van der Waals surface area (Å²) in [6, 6.07) is 7.28. The van der Waals surface area contributed by atoms with E-state index in [2.05, 4.69) is 89.4 Å². The van der Waals surface area contributed by atoms with Crippen LogP contribution in [0.4, 0.5) is 24.2 Å². The highest BCUT2D eigenvalue weighted by atomic mass is 28.3. The molecule has 4 fully saturated rings. The molecule has 79 heavy (non-hydrogen) atoms. The summed E-state index contributed by atoms with van der Waals surface area (Å²) in [4.78, 5) is 49.4. The Morgan fingerprint density at radius 3 is 2.05 bits per heavy atom. The first-order valence-electron chi connectivity index (χ1n) is 29.2. The number of pyridine rings is 1. The fourth-order valence-electron chi connectivity index (χ4n) is 13.0. The van der Waals surface area contributed by atoms with Gasteiger partial charge in [-0.25, -0.2) is 18.4 Å². The van der Waals surface area contributed by atoms with Crippen LogP contribution >= 0.6 is 0 Å². The predicted molar refractivity (Wildman–Crippen MR) is 315 cm³/mol. The molecule has 0 aliphatic carbocycles. The average molecular weight is 1130 g/mol. The number of carbonyl (C=O) groups excluding carboxylic acids is 2. The van der Waals surface area contributed by atoms with Crippen molar-refractivity contribution in [3.05, 3.63) is 47.7 Å². The van der Waals surface area contributed by atoms with Crippen LogP contribution in [0.1, 0.15) is 120 Å². The number of benzene rings is 2. The number of nitrogens with zero attached hydrogens (tertiary/aromatic N) is 7. The number of methoxy groups -OCH3 is 1. The first-order chi connectivity index (χ1) is 37.4. The number of fused-ring (bicyclic) bond motifs is 4. The highest BCUT2D eigenvalue weighted by Gasteiger charge is 2.46. The number of ether oxygens (including phenoxy) is 5. The molecule has 18 heteroatoms. The molecule has 432 valence electrons. The van der Waals surface area contributed by atoms with E-state index in [0.717, 1.165) is 70.7 Å². The zero-order valence-corrected chi connectivity index (χ0v) is 51.8. The molecule has 4 saturated heterocycles. The number of piperidine rings is 2. The van der Waals surface area contributed by atoms with Crippen LogP contribution in [0.3, 0.4) is 0 Å². The van der Waals surface area contributed by atoms with E-state index in [1.54, 1.807) is 24.4 Å². The predicted octanol–water partition coefficient (Wildman–Crippen LogP) is 13.3. The first-order valence-corrected chi connectivity index (χ1v) is 35.1. The average Bonchev–Trinajstić information content (AvgIpc) is 3.81. The third-order valence-corrected chi connectivity index (χ3v) is 25.3. The topological polar surface area (TPSA) is 132 Å². The molecule has 2 aromatic carbocycles. The van der Waals surface area contributed by atoms with Crippen LogP contribution in [-0.2, 0) is 14.2 Å². The molecule has 0 N–H and O–H groups in total. The Hall–Kier alpha value is -5.10. The van der Waals surface area contributed by atoms with Gasteiger partial charge in [0.05, 0.1) is 29.6 Å². The summed E-state index contributed by atoms with van der Waals surface area (Å²) in [5, 5.41) is 1.43. The van der Waals surface area contributed by atoms with Crippen molar-refractivity contribution in [3.63, 3.8) is 0 Å². The van der Waals surface area contributed by atoms with Crippen LogP contribution in [0.2, 0.25) is 42.3 Å². The van der Waals surface area contributed by atoms with E-state index in [1.807, 2.05) is 30.6 Å². The number of anilines is 1. The van der Waals surface area contributed by atoms with Gasteiger partial charge in [-0.05, 0) is 144 Å². The Bertz CT molecular complexity index is 2830. The maximum Gasteiger partial charge on any atom is 0.410 e. The molecule has 6 heterocycles. The summed E-state index contributed by atoms with van der Waals surface area (Å²) < 4.78 is 64.0. The van der Waals surface area contributed by atoms with Gasteiger partial charge in [0.1, 0.15) is 48.9 Å². The number of likely N-dealkylation sites (tertiary alicyclic amines) is 2. The summed E-state index contributed by atoms with van der Waals surface area (Å²) in [6.07, 6.45) is 8.03. The highest BCUT2D eigenvalue weighted by Crippen LogP contribution is 2.44. The van der Waals surface area contributed by atoms with Gasteiger partial charge < -0.3 is 33.5 Å². The van der Waals surface area contributed by atoms with Crippen molar-refractivity contribution in [2.45, 2.75) is 180 Å². The van der Waals surface area contributed by atoms with Crippen molar-refractivity contribution < 1.29 is 42.1 Å². The molecule has 8 rings (SSSR count). The van der Waals surface area contributed by atoms with E-state index in [-0.39, 0.29) is 66.5 Å². The van der Waals surface area contributed by atoms with Gasteiger partial charge in [0, 0.05) is 64.6 Å². The first kappa shape index (κ1) is 60.0. The number of aromatic nitrogens is 3. The van der Waals surface area contributed by atoms with Crippen molar-refractivity contribution in [1.29, 1.82) is 0 Å². The van der Waals surface area contributed by atoms with Crippen molar-refractivity contribution in [1.82, 2.24) is 29.7 Å². The number of halogens is 2. The zero-order chi connectivity index (χ0) is 57.1. The van der Waals surface area contributed by atoms with Crippen LogP contribution in [0.15, 0.2) is 30.5 Å². The van der Waals surface area contributed by atoms with E-state index >= 15 is 8.78 Å². The number of hydrogen-bond acceptors (Lipinski definition) is 12. The van der Waals surface area contributed by atoms with Gasteiger partial charge in [0.25, 0.3) is 0 Å². The third-order valence-electron chi connectivity index (χ3n) is 17.3. The molecule has 0 spiro atoms. The molecule has 0 radical (unpaired) electrons. The molecule has 4 aliphatic heterocycles. The SMILES string of the molecule is COCOc1cc(-c2ncc3c(N4CC5CCC(C4)N5C(=O)OC(C)(C)C)nc(OC[C@H](C)N4CCC(CC5CCN(C(=O)OCC[Si](C)(C)C)CC5)CC4)nc3c2F)c2c(C#C[Si](C(C)C)(C(C)C)C(C)C)c(F)ccc2c1. The Morgan fingerprint density at radius 1 is 0.823 bits per heavy atom. The fraction of sp³-hybridized carbons (Fsp3) is 0.656. The van der Waals surface area contributed by atoms with Crippen molar-refractivity contribution >= 4 is 55.8 Å². The van der Waals surface area contributed by atoms with Crippen LogP contribution < -0.4 is 14.4 Å². The van der Waals surface area contributed by atoms with Crippen LogP contribution in [0.25, 0.3) is 32.9 Å². The molecule has 2 aromatic heterocycles. The van der Waals surface area contributed by atoms with Crippen LogP contribution in [0.5, 0.6) is 11.8 Å². The molecule has 4 aliphatic rings. The van der Waals surface area contributed by atoms with Crippen LogP contribution in [-0.4, -0.2) is 148 Å². The highest BCUT2D eigenvalue weighted by molar-refractivity contribution is 6.90. The summed E-state index contributed by atoms with van der Waals surface area (Å²) in [5.74, 6) is 4.22. The van der Waals surface area contributed by atoms with Crippen molar-refractivity contribution in [2.75, 3.05) is 71.3 Å².